The molecule has 0 aliphatic carbocycles. The average Bonchev–Trinajstić information content (AvgIpc) is 3.01. The van der Waals surface area contributed by atoms with Crippen LogP contribution in [-0.4, -0.2) is 51.0 Å². The minimum atomic E-state index is -1.50. The summed E-state index contributed by atoms with van der Waals surface area (Å²) >= 11 is 0. The van der Waals surface area contributed by atoms with Crippen LogP contribution in [0.25, 0.3) is 5.69 Å². The van der Waals surface area contributed by atoms with Gasteiger partial charge in [0.2, 0.25) is 0 Å². The van der Waals surface area contributed by atoms with Gasteiger partial charge >= 0.3 is 5.97 Å². The molecular formula is C14H16N4O4. The lowest BCUT2D eigenvalue weighted by atomic mass is 10.0. The van der Waals surface area contributed by atoms with Crippen molar-refractivity contribution in [2.75, 3.05) is 13.7 Å². The van der Waals surface area contributed by atoms with Crippen LogP contribution in [0.15, 0.2) is 36.9 Å². The number of methoxy groups -OCH3 is 1. The number of carboxylic acids is 1. The molecule has 1 atom stereocenters. The Morgan fingerprint density at radius 2 is 2.23 bits per heavy atom. The average molecular weight is 304 g/mol. The van der Waals surface area contributed by atoms with Crippen molar-refractivity contribution < 1.29 is 19.4 Å². The number of hydrogen-bond donors (Lipinski definition) is 2. The van der Waals surface area contributed by atoms with Gasteiger partial charge in [0.05, 0.1) is 12.3 Å². The van der Waals surface area contributed by atoms with Crippen molar-refractivity contribution in [2.45, 2.75) is 12.5 Å². The molecule has 0 radical (unpaired) electrons. The van der Waals surface area contributed by atoms with Crippen LogP contribution in [0.4, 0.5) is 0 Å². The molecule has 22 heavy (non-hydrogen) atoms. The van der Waals surface area contributed by atoms with E-state index in [4.69, 9.17) is 4.74 Å². The molecule has 116 valence electrons. The fourth-order valence-corrected chi connectivity index (χ4v) is 1.89. The normalized spacial score (nSPS) is 13.4. The largest absolute Gasteiger partial charge is 0.479 e. The van der Waals surface area contributed by atoms with Gasteiger partial charge in [-0.05, 0) is 25.1 Å². The highest BCUT2D eigenvalue weighted by Gasteiger charge is 2.35. The molecule has 1 unspecified atom stereocenters. The van der Waals surface area contributed by atoms with E-state index in [1.165, 1.54) is 31.4 Å². The van der Waals surface area contributed by atoms with Gasteiger partial charge in [0.1, 0.15) is 12.7 Å². The molecule has 0 spiro atoms. The van der Waals surface area contributed by atoms with Crippen LogP contribution in [-0.2, 0) is 9.53 Å². The van der Waals surface area contributed by atoms with Gasteiger partial charge in [0.15, 0.2) is 5.54 Å². The van der Waals surface area contributed by atoms with Gasteiger partial charge < -0.3 is 15.2 Å². The van der Waals surface area contributed by atoms with E-state index in [1.807, 2.05) is 0 Å². The van der Waals surface area contributed by atoms with Crippen molar-refractivity contribution in [1.82, 2.24) is 20.1 Å². The Kier molecular flexibility index (Phi) is 4.52. The van der Waals surface area contributed by atoms with Gasteiger partial charge in [-0.25, -0.2) is 14.5 Å². The Morgan fingerprint density at radius 3 is 2.82 bits per heavy atom. The minimum absolute atomic E-state index is 0.142. The fourth-order valence-electron chi connectivity index (χ4n) is 1.89. The van der Waals surface area contributed by atoms with E-state index < -0.39 is 17.4 Å². The first-order chi connectivity index (χ1) is 10.5. The highest BCUT2D eigenvalue weighted by Crippen LogP contribution is 2.12. The second-order valence-corrected chi connectivity index (χ2v) is 4.91. The van der Waals surface area contributed by atoms with Crippen LogP contribution in [0.2, 0.25) is 0 Å². The molecule has 0 saturated heterocycles. The number of aromatic nitrogens is 3. The summed E-state index contributed by atoms with van der Waals surface area (Å²) in [5.74, 6) is -1.68. The Morgan fingerprint density at radius 1 is 1.45 bits per heavy atom. The topological polar surface area (TPSA) is 106 Å². The predicted molar refractivity (Wildman–Crippen MR) is 76.7 cm³/mol. The Bertz CT molecular complexity index is 671. The number of nitrogens with zero attached hydrogens (tertiary/aromatic N) is 3. The van der Waals surface area contributed by atoms with Gasteiger partial charge in [0.25, 0.3) is 5.91 Å². The standard InChI is InChI=1S/C14H16N4O4/c1-14(7-22-2,13(20)21)17-12(19)10-4-3-5-11(6-10)18-9-15-8-16-18/h3-6,8-9H,7H2,1-2H3,(H,17,19)(H,20,21). The van der Waals surface area contributed by atoms with E-state index in [-0.39, 0.29) is 6.61 Å². The maximum absolute atomic E-state index is 12.3. The first-order valence-electron chi connectivity index (χ1n) is 6.46. The van der Waals surface area contributed by atoms with Gasteiger partial charge in [-0.2, -0.15) is 5.10 Å². The molecule has 0 aliphatic heterocycles. The zero-order valence-electron chi connectivity index (χ0n) is 12.2. The highest BCUT2D eigenvalue weighted by atomic mass is 16.5. The van der Waals surface area contributed by atoms with Crippen LogP contribution in [0, 0.1) is 0 Å². The monoisotopic (exact) mass is 304 g/mol. The van der Waals surface area contributed by atoms with E-state index in [2.05, 4.69) is 15.4 Å². The summed E-state index contributed by atoms with van der Waals surface area (Å²) in [4.78, 5) is 27.4. The van der Waals surface area contributed by atoms with Crippen molar-refractivity contribution in [2.24, 2.45) is 0 Å². The van der Waals surface area contributed by atoms with E-state index in [1.54, 1.807) is 24.3 Å². The second kappa shape index (κ2) is 6.35. The summed E-state index contributed by atoms with van der Waals surface area (Å²) in [6.45, 7) is 1.24. The molecule has 1 amide bonds. The number of carbonyl (C=O) groups excluding carboxylic acids is 1. The van der Waals surface area contributed by atoms with Crippen molar-refractivity contribution in [3.63, 3.8) is 0 Å². The van der Waals surface area contributed by atoms with E-state index in [0.29, 0.717) is 11.3 Å². The first-order valence-corrected chi connectivity index (χ1v) is 6.46. The summed E-state index contributed by atoms with van der Waals surface area (Å²) in [5, 5.41) is 15.7. The summed E-state index contributed by atoms with van der Waals surface area (Å²) in [6.07, 6.45) is 2.89. The number of ether oxygens (including phenoxy) is 1. The number of aliphatic carboxylic acids is 1. The number of rotatable bonds is 6. The lowest BCUT2D eigenvalue weighted by Gasteiger charge is -2.25. The molecule has 2 aromatic rings. The number of benzene rings is 1. The number of nitrogens with one attached hydrogen (secondary N) is 1. The smallest absolute Gasteiger partial charge is 0.331 e. The Balaban J connectivity index is 2.23. The van der Waals surface area contributed by atoms with Crippen molar-refractivity contribution in [1.29, 1.82) is 0 Å². The lowest BCUT2D eigenvalue weighted by Crippen LogP contribution is -2.55. The number of carbonyl (C=O) groups is 2. The first kappa shape index (κ1) is 15.6. The Labute approximate surface area is 126 Å². The minimum Gasteiger partial charge on any atom is -0.479 e. The molecule has 2 N–H and O–H groups in total. The zero-order valence-corrected chi connectivity index (χ0v) is 12.2. The molecule has 8 nitrogen and oxygen atoms in total. The van der Waals surface area contributed by atoms with Crippen LogP contribution in [0.1, 0.15) is 17.3 Å². The lowest BCUT2D eigenvalue weighted by molar-refractivity contribution is -0.145. The summed E-state index contributed by atoms with van der Waals surface area (Å²) in [5.41, 5.74) is -0.541. The molecule has 0 aliphatic rings. The summed E-state index contributed by atoms with van der Waals surface area (Å²) in [7, 11) is 1.37. The number of amides is 1. The van der Waals surface area contributed by atoms with Crippen LogP contribution < -0.4 is 5.32 Å². The van der Waals surface area contributed by atoms with Gasteiger partial charge in [0, 0.05) is 12.7 Å². The van der Waals surface area contributed by atoms with Crippen molar-refractivity contribution in [3.05, 3.63) is 42.5 Å². The third-order valence-corrected chi connectivity index (χ3v) is 3.09. The Hall–Kier alpha value is -2.74. The SMILES string of the molecule is COCC(C)(NC(=O)c1cccc(-n2cncn2)c1)C(=O)O. The second-order valence-electron chi connectivity index (χ2n) is 4.91. The molecule has 2 rings (SSSR count). The molecule has 8 heteroatoms. The fraction of sp³-hybridized carbons (Fsp3) is 0.286. The summed E-state index contributed by atoms with van der Waals surface area (Å²) in [6, 6.07) is 6.63. The zero-order chi connectivity index (χ0) is 16.2. The molecule has 1 heterocycles. The third-order valence-electron chi connectivity index (χ3n) is 3.09. The van der Waals surface area contributed by atoms with E-state index >= 15 is 0 Å². The van der Waals surface area contributed by atoms with Gasteiger partial charge in [-0.3, -0.25) is 4.79 Å². The maximum Gasteiger partial charge on any atom is 0.331 e. The van der Waals surface area contributed by atoms with Gasteiger partial charge in [-0.15, -0.1) is 0 Å². The molecule has 1 aromatic carbocycles. The van der Waals surface area contributed by atoms with E-state index in [9.17, 15) is 14.7 Å². The summed E-state index contributed by atoms with van der Waals surface area (Å²) < 4.78 is 6.37. The van der Waals surface area contributed by atoms with Gasteiger partial charge in [-0.1, -0.05) is 6.07 Å². The molecule has 0 bridgehead atoms. The number of hydrogen-bond acceptors (Lipinski definition) is 5. The molecule has 0 saturated carbocycles. The molecule has 1 aromatic heterocycles. The molecular weight excluding hydrogens is 288 g/mol. The predicted octanol–water partition coefficient (Wildman–Crippen LogP) is 0.487. The quantitative estimate of drug-likeness (QED) is 0.804. The molecule has 0 fully saturated rings. The third kappa shape index (κ3) is 3.29. The van der Waals surface area contributed by atoms with Crippen molar-refractivity contribution in [3.8, 4) is 5.69 Å². The highest BCUT2D eigenvalue weighted by molar-refractivity contribution is 5.98. The van der Waals surface area contributed by atoms with Crippen molar-refractivity contribution >= 4 is 11.9 Å². The van der Waals surface area contributed by atoms with E-state index in [0.717, 1.165) is 0 Å². The van der Waals surface area contributed by atoms with Crippen LogP contribution >= 0.6 is 0 Å². The van der Waals surface area contributed by atoms with Crippen LogP contribution in [0.3, 0.4) is 0 Å². The van der Waals surface area contributed by atoms with Crippen LogP contribution in [0.5, 0.6) is 0 Å². The maximum atomic E-state index is 12.3. The number of carboxylic acid groups (broad SMARTS) is 1.